The number of fused-ring (bicyclic) bond motifs is 2. The zero-order chi connectivity index (χ0) is 20.1. The standard InChI is InChI=1S/C19H19ClN8O/c1-3-11-5-4-6-12-9-14(24-28(11)12)16-15-13(21-10-22-15)7-8-27(16)18(29)17-23-19(20)25-26(17)2/h4-6,9-10,16H,3,7-8H2,1-2H3,(H,21,22)/t16-/m1/s1. The molecule has 148 valence electrons. The van der Waals surface area contributed by atoms with Gasteiger partial charge in [0, 0.05) is 31.4 Å². The number of aromatic nitrogens is 7. The van der Waals surface area contributed by atoms with Crippen LogP contribution < -0.4 is 0 Å². The summed E-state index contributed by atoms with van der Waals surface area (Å²) in [4.78, 5) is 26.9. The lowest BCUT2D eigenvalue weighted by Gasteiger charge is -2.33. The molecule has 29 heavy (non-hydrogen) atoms. The number of rotatable bonds is 3. The number of nitrogens with zero attached hydrogens (tertiary/aromatic N) is 7. The average Bonchev–Trinajstić information content (AvgIpc) is 3.43. The highest BCUT2D eigenvalue weighted by molar-refractivity contribution is 6.28. The molecule has 1 N–H and O–H groups in total. The number of nitrogens with one attached hydrogen (secondary N) is 1. The molecule has 4 aromatic rings. The van der Waals surface area contributed by atoms with Crippen molar-refractivity contribution in [2.45, 2.75) is 25.8 Å². The third-order valence-corrected chi connectivity index (χ3v) is 5.50. The normalized spacial score (nSPS) is 16.4. The quantitative estimate of drug-likeness (QED) is 0.558. The Labute approximate surface area is 171 Å². The van der Waals surface area contributed by atoms with Gasteiger partial charge in [-0.3, -0.25) is 4.79 Å². The van der Waals surface area contributed by atoms with Gasteiger partial charge < -0.3 is 9.88 Å². The van der Waals surface area contributed by atoms with E-state index in [4.69, 9.17) is 16.7 Å². The van der Waals surface area contributed by atoms with Gasteiger partial charge in [-0.15, -0.1) is 5.10 Å². The number of imidazole rings is 1. The average molecular weight is 411 g/mol. The maximum absolute atomic E-state index is 13.4. The highest BCUT2D eigenvalue weighted by Gasteiger charge is 2.37. The second kappa shape index (κ2) is 6.70. The summed E-state index contributed by atoms with van der Waals surface area (Å²) in [6.45, 7) is 2.61. The van der Waals surface area contributed by atoms with Crippen molar-refractivity contribution in [3.05, 3.63) is 64.5 Å². The lowest BCUT2D eigenvalue weighted by Crippen LogP contribution is -2.42. The molecule has 1 atom stereocenters. The van der Waals surface area contributed by atoms with Crippen LogP contribution in [-0.2, 0) is 19.9 Å². The van der Waals surface area contributed by atoms with E-state index < -0.39 is 6.04 Å². The van der Waals surface area contributed by atoms with Crippen molar-refractivity contribution in [2.24, 2.45) is 7.05 Å². The molecule has 0 unspecified atom stereocenters. The first-order chi connectivity index (χ1) is 14.1. The van der Waals surface area contributed by atoms with Gasteiger partial charge in [0.25, 0.3) is 5.91 Å². The van der Waals surface area contributed by atoms with Gasteiger partial charge >= 0.3 is 0 Å². The van der Waals surface area contributed by atoms with Gasteiger partial charge in [0.05, 0.1) is 23.2 Å². The fourth-order valence-corrected chi connectivity index (χ4v) is 4.15. The Kier molecular flexibility index (Phi) is 4.13. The first kappa shape index (κ1) is 17.9. The number of aromatic amines is 1. The molecule has 0 aromatic carbocycles. The van der Waals surface area contributed by atoms with E-state index in [0.29, 0.717) is 13.0 Å². The molecular weight excluding hydrogens is 392 g/mol. The minimum atomic E-state index is -0.419. The van der Waals surface area contributed by atoms with Gasteiger partial charge in [-0.25, -0.2) is 14.2 Å². The molecule has 0 aliphatic carbocycles. The van der Waals surface area contributed by atoms with E-state index in [1.165, 1.54) is 4.68 Å². The first-order valence-corrected chi connectivity index (χ1v) is 9.81. The van der Waals surface area contributed by atoms with Crippen molar-refractivity contribution in [2.75, 3.05) is 6.54 Å². The maximum Gasteiger partial charge on any atom is 0.292 e. The molecule has 5 heterocycles. The van der Waals surface area contributed by atoms with Crippen LogP contribution in [0.3, 0.4) is 0 Å². The Balaban J connectivity index is 1.65. The Bertz CT molecular complexity index is 1220. The molecule has 0 radical (unpaired) electrons. The molecular formula is C19H19ClN8O. The summed E-state index contributed by atoms with van der Waals surface area (Å²) in [5.41, 5.74) is 4.67. The molecule has 0 bridgehead atoms. The molecule has 0 spiro atoms. The van der Waals surface area contributed by atoms with Gasteiger partial charge in [-0.1, -0.05) is 13.0 Å². The summed E-state index contributed by atoms with van der Waals surface area (Å²) < 4.78 is 3.33. The van der Waals surface area contributed by atoms with Gasteiger partial charge in [0.1, 0.15) is 6.04 Å². The van der Waals surface area contributed by atoms with Crippen LogP contribution in [0.5, 0.6) is 0 Å². The summed E-state index contributed by atoms with van der Waals surface area (Å²) >= 11 is 5.91. The zero-order valence-corrected chi connectivity index (χ0v) is 16.8. The third-order valence-electron chi connectivity index (χ3n) is 5.34. The van der Waals surface area contributed by atoms with E-state index in [0.717, 1.165) is 34.7 Å². The van der Waals surface area contributed by atoms with E-state index >= 15 is 0 Å². The summed E-state index contributed by atoms with van der Waals surface area (Å²) in [5, 5.41) is 8.88. The molecule has 10 heteroatoms. The Hall–Kier alpha value is -3.20. The van der Waals surface area contributed by atoms with Crippen molar-refractivity contribution in [1.82, 2.24) is 39.2 Å². The minimum Gasteiger partial charge on any atom is -0.348 e. The molecule has 1 aliphatic rings. The fraction of sp³-hybridized carbons (Fsp3) is 0.316. The van der Waals surface area contributed by atoms with E-state index in [2.05, 4.69) is 33.0 Å². The summed E-state index contributed by atoms with van der Waals surface area (Å²) in [6.07, 6.45) is 3.20. The molecule has 0 saturated heterocycles. The molecule has 9 nitrogen and oxygen atoms in total. The van der Waals surface area contributed by atoms with Crippen LogP contribution in [-0.4, -0.2) is 51.7 Å². The van der Waals surface area contributed by atoms with Crippen LogP contribution >= 0.6 is 11.6 Å². The van der Waals surface area contributed by atoms with Crippen LogP contribution in [0.2, 0.25) is 5.28 Å². The van der Waals surface area contributed by atoms with Crippen LogP contribution in [0.15, 0.2) is 30.6 Å². The van der Waals surface area contributed by atoms with Crippen molar-refractivity contribution in [3.8, 4) is 0 Å². The minimum absolute atomic E-state index is 0.0465. The maximum atomic E-state index is 13.4. The molecule has 0 fully saturated rings. The number of aryl methyl sites for hydroxylation is 2. The van der Waals surface area contributed by atoms with Crippen LogP contribution in [0.4, 0.5) is 0 Å². The van der Waals surface area contributed by atoms with Crippen molar-refractivity contribution in [1.29, 1.82) is 0 Å². The van der Waals surface area contributed by atoms with E-state index in [-0.39, 0.29) is 17.0 Å². The van der Waals surface area contributed by atoms with E-state index in [1.54, 1.807) is 18.3 Å². The summed E-state index contributed by atoms with van der Waals surface area (Å²) in [7, 11) is 1.66. The number of amides is 1. The molecule has 1 aliphatic heterocycles. The topological polar surface area (TPSA) is 97.0 Å². The van der Waals surface area contributed by atoms with E-state index in [1.807, 2.05) is 22.7 Å². The number of hydrogen-bond donors (Lipinski definition) is 1. The SMILES string of the molecule is CCc1cccc2cc([C@@H]3c4nc[nH]c4CCN3C(=O)c3nc(Cl)nn3C)nn12. The number of carbonyl (C=O) groups is 1. The van der Waals surface area contributed by atoms with Crippen molar-refractivity contribution >= 4 is 23.0 Å². The molecule has 5 rings (SSSR count). The van der Waals surface area contributed by atoms with Gasteiger partial charge in [0.15, 0.2) is 0 Å². The highest BCUT2D eigenvalue weighted by Crippen LogP contribution is 2.34. The Morgan fingerprint density at radius 2 is 2.21 bits per heavy atom. The number of carbonyl (C=O) groups excluding carboxylic acids is 1. The number of H-pyrrole nitrogens is 1. The molecule has 1 amide bonds. The number of pyridine rings is 1. The first-order valence-electron chi connectivity index (χ1n) is 9.44. The highest BCUT2D eigenvalue weighted by atomic mass is 35.5. The Morgan fingerprint density at radius 1 is 1.34 bits per heavy atom. The summed E-state index contributed by atoms with van der Waals surface area (Å²) in [6, 6.07) is 7.67. The molecule has 4 aromatic heterocycles. The van der Waals surface area contributed by atoms with Gasteiger partial charge in [0.2, 0.25) is 11.1 Å². The second-order valence-corrected chi connectivity index (χ2v) is 7.36. The monoisotopic (exact) mass is 410 g/mol. The largest absolute Gasteiger partial charge is 0.348 e. The van der Waals surface area contributed by atoms with Gasteiger partial charge in [-0.05, 0) is 36.2 Å². The van der Waals surface area contributed by atoms with Crippen LogP contribution in [0.25, 0.3) is 5.52 Å². The van der Waals surface area contributed by atoms with Gasteiger partial charge in [-0.2, -0.15) is 10.1 Å². The lowest BCUT2D eigenvalue weighted by atomic mass is 9.99. The van der Waals surface area contributed by atoms with Crippen molar-refractivity contribution < 1.29 is 4.79 Å². The van der Waals surface area contributed by atoms with E-state index in [9.17, 15) is 4.79 Å². The Morgan fingerprint density at radius 3 is 2.97 bits per heavy atom. The number of hydrogen-bond acceptors (Lipinski definition) is 5. The summed E-state index contributed by atoms with van der Waals surface area (Å²) in [5.74, 6) is -0.0599. The fourth-order valence-electron chi connectivity index (χ4n) is 3.96. The second-order valence-electron chi connectivity index (χ2n) is 7.02. The predicted octanol–water partition coefficient (Wildman–Crippen LogP) is 2.19. The lowest BCUT2D eigenvalue weighted by molar-refractivity contribution is 0.0669. The zero-order valence-electron chi connectivity index (χ0n) is 16.0. The predicted molar refractivity (Wildman–Crippen MR) is 106 cm³/mol. The van der Waals surface area contributed by atoms with Crippen LogP contribution in [0.1, 0.15) is 46.4 Å². The van der Waals surface area contributed by atoms with Crippen molar-refractivity contribution in [3.63, 3.8) is 0 Å². The van der Waals surface area contributed by atoms with Crippen LogP contribution in [0, 0.1) is 0 Å². The number of halogens is 1. The smallest absolute Gasteiger partial charge is 0.292 e. The molecule has 0 saturated carbocycles. The third kappa shape index (κ3) is 2.80.